The molecular weight excluding hydrogens is 457 g/mol. The summed E-state index contributed by atoms with van der Waals surface area (Å²) in [5.41, 5.74) is 1.97. The Bertz CT molecular complexity index is 718. The van der Waals surface area contributed by atoms with Crippen molar-refractivity contribution >= 4 is 29.9 Å². The number of aliphatic imine (C=N–C) groups is 1. The van der Waals surface area contributed by atoms with Crippen molar-refractivity contribution in [2.75, 3.05) is 26.7 Å². The van der Waals surface area contributed by atoms with Crippen molar-refractivity contribution in [1.82, 2.24) is 15.8 Å². The lowest BCUT2D eigenvalue weighted by Gasteiger charge is -2.12. The van der Waals surface area contributed by atoms with E-state index in [4.69, 9.17) is 9.26 Å². The molecule has 0 unspecified atom stereocenters. The third-order valence-corrected chi connectivity index (χ3v) is 3.62. The number of benzene rings is 1. The molecule has 0 amide bonds. The van der Waals surface area contributed by atoms with E-state index < -0.39 is 11.6 Å². The van der Waals surface area contributed by atoms with Crippen molar-refractivity contribution in [2.24, 2.45) is 4.99 Å². The maximum atomic E-state index is 13.4. The molecule has 144 valence electrons. The number of aromatic nitrogens is 1. The number of rotatable bonds is 7. The Labute approximate surface area is 168 Å². The Morgan fingerprint density at radius 3 is 2.58 bits per heavy atom. The number of nitrogens with zero attached hydrogens (tertiary/aromatic N) is 2. The first kappa shape index (κ1) is 22.1. The van der Waals surface area contributed by atoms with Gasteiger partial charge in [-0.2, -0.15) is 0 Å². The summed E-state index contributed by atoms with van der Waals surface area (Å²) < 4.78 is 36.6. The molecule has 0 aliphatic rings. The van der Waals surface area contributed by atoms with Crippen LogP contribution >= 0.6 is 24.0 Å². The second kappa shape index (κ2) is 10.9. The summed E-state index contributed by atoms with van der Waals surface area (Å²) in [6, 6.07) is 3.21. The standard InChI is InChI=1S/C17H22F2N4O2.HI/c1-11-14(12(2)25-23-11)6-7-21-17(20-3)22-8-9-24-16-5-4-13(18)10-15(16)19;/h4-5,10H,6-9H2,1-3H3,(H2,20,21,22);1H. The highest BCUT2D eigenvalue weighted by molar-refractivity contribution is 14.0. The molecule has 1 aromatic heterocycles. The lowest BCUT2D eigenvalue weighted by Crippen LogP contribution is -2.40. The molecule has 0 fully saturated rings. The summed E-state index contributed by atoms with van der Waals surface area (Å²) in [7, 11) is 1.66. The summed E-state index contributed by atoms with van der Waals surface area (Å²) in [5.74, 6) is 0.0873. The average Bonchev–Trinajstić information content (AvgIpc) is 2.90. The van der Waals surface area contributed by atoms with E-state index in [1.807, 2.05) is 13.8 Å². The molecule has 9 heteroatoms. The molecule has 1 aromatic carbocycles. The maximum absolute atomic E-state index is 13.4. The van der Waals surface area contributed by atoms with Gasteiger partial charge in [-0.15, -0.1) is 24.0 Å². The zero-order valence-electron chi connectivity index (χ0n) is 14.9. The van der Waals surface area contributed by atoms with Gasteiger partial charge in [0.15, 0.2) is 17.5 Å². The molecular formula is C17H23F2IN4O2. The molecule has 0 aliphatic heterocycles. The van der Waals surface area contributed by atoms with Gasteiger partial charge in [-0.3, -0.25) is 4.99 Å². The Kier molecular flexibility index (Phi) is 9.31. The second-order valence-electron chi connectivity index (χ2n) is 5.40. The number of ether oxygens (including phenoxy) is 1. The Morgan fingerprint density at radius 1 is 1.23 bits per heavy atom. The fourth-order valence-electron chi connectivity index (χ4n) is 2.31. The van der Waals surface area contributed by atoms with Crippen molar-refractivity contribution in [3.63, 3.8) is 0 Å². The minimum absolute atomic E-state index is 0. The number of nitrogens with one attached hydrogen (secondary N) is 2. The molecule has 1 heterocycles. The monoisotopic (exact) mass is 480 g/mol. The van der Waals surface area contributed by atoms with Crippen molar-refractivity contribution in [3.8, 4) is 5.75 Å². The molecule has 0 saturated carbocycles. The van der Waals surface area contributed by atoms with Crippen molar-refractivity contribution in [3.05, 3.63) is 46.9 Å². The number of aryl methyl sites for hydroxylation is 2. The van der Waals surface area contributed by atoms with E-state index in [2.05, 4.69) is 20.8 Å². The van der Waals surface area contributed by atoms with E-state index in [1.54, 1.807) is 7.05 Å². The fraction of sp³-hybridized carbons (Fsp3) is 0.412. The highest BCUT2D eigenvalue weighted by Gasteiger charge is 2.09. The minimum Gasteiger partial charge on any atom is -0.489 e. The number of guanidine groups is 1. The van der Waals surface area contributed by atoms with Crippen LogP contribution < -0.4 is 15.4 Å². The van der Waals surface area contributed by atoms with Gasteiger partial charge in [0.25, 0.3) is 0 Å². The van der Waals surface area contributed by atoms with Crippen LogP contribution in [0.15, 0.2) is 27.7 Å². The molecule has 2 aromatic rings. The lowest BCUT2D eigenvalue weighted by molar-refractivity contribution is 0.304. The van der Waals surface area contributed by atoms with E-state index in [0.29, 0.717) is 19.0 Å². The Balaban J connectivity index is 0.00000338. The number of hydrogen-bond acceptors (Lipinski definition) is 4. The minimum atomic E-state index is -0.720. The van der Waals surface area contributed by atoms with Gasteiger partial charge >= 0.3 is 0 Å². The van der Waals surface area contributed by atoms with Crippen LogP contribution in [-0.2, 0) is 6.42 Å². The van der Waals surface area contributed by atoms with Gasteiger partial charge in [0.05, 0.1) is 12.2 Å². The quantitative estimate of drug-likeness (QED) is 0.276. The van der Waals surface area contributed by atoms with Gasteiger partial charge < -0.3 is 19.9 Å². The van der Waals surface area contributed by atoms with Gasteiger partial charge in [0, 0.05) is 25.2 Å². The van der Waals surface area contributed by atoms with Crippen molar-refractivity contribution in [1.29, 1.82) is 0 Å². The van der Waals surface area contributed by atoms with Gasteiger partial charge in [0.1, 0.15) is 18.2 Å². The summed E-state index contributed by atoms with van der Waals surface area (Å²) in [6.07, 6.45) is 0.763. The molecule has 0 radical (unpaired) electrons. The molecule has 0 saturated heterocycles. The summed E-state index contributed by atoms with van der Waals surface area (Å²) in [4.78, 5) is 4.10. The highest BCUT2D eigenvalue weighted by atomic mass is 127. The molecule has 0 aliphatic carbocycles. The predicted octanol–water partition coefficient (Wildman–Crippen LogP) is 2.97. The van der Waals surface area contributed by atoms with Crippen LogP contribution in [0.4, 0.5) is 8.78 Å². The van der Waals surface area contributed by atoms with Crippen LogP contribution in [0.1, 0.15) is 17.0 Å². The maximum Gasteiger partial charge on any atom is 0.191 e. The second-order valence-corrected chi connectivity index (χ2v) is 5.40. The summed E-state index contributed by atoms with van der Waals surface area (Å²) in [5, 5.41) is 10.1. The third-order valence-electron chi connectivity index (χ3n) is 3.62. The molecule has 2 N–H and O–H groups in total. The average molecular weight is 480 g/mol. The van der Waals surface area contributed by atoms with Crippen LogP contribution in [0.2, 0.25) is 0 Å². The lowest BCUT2D eigenvalue weighted by atomic mass is 10.1. The Hall–Kier alpha value is -1.91. The SMILES string of the molecule is CN=C(NCCOc1ccc(F)cc1F)NCCc1c(C)noc1C.I. The molecule has 0 spiro atoms. The predicted molar refractivity (Wildman–Crippen MR) is 106 cm³/mol. The van der Waals surface area contributed by atoms with Crippen LogP contribution in [0.5, 0.6) is 5.75 Å². The van der Waals surface area contributed by atoms with Crippen LogP contribution in [-0.4, -0.2) is 37.9 Å². The molecule has 6 nitrogen and oxygen atoms in total. The third kappa shape index (κ3) is 6.43. The van der Waals surface area contributed by atoms with Crippen LogP contribution in [0.25, 0.3) is 0 Å². The van der Waals surface area contributed by atoms with Gasteiger partial charge in [-0.25, -0.2) is 8.78 Å². The van der Waals surface area contributed by atoms with E-state index in [1.165, 1.54) is 6.07 Å². The van der Waals surface area contributed by atoms with Crippen LogP contribution in [0.3, 0.4) is 0 Å². The van der Waals surface area contributed by atoms with Crippen molar-refractivity contribution < 1.29 is 18.0 Å². The zero-order chi connectivity index (χ0) is 18.2. The highest BCUT2D eigenvalue weighted by Crippen LogP contribution is 2.17. The van der Waals surface area contributed by atoms with E-state index in [9.17, 15) is 8.78 Å². The summed E-state index contributed by atoms with van der Waals surface area (Å²) in [6.45, 7) is 5.09. The molecule has 26 heavy (non-hydrogen) atoms. The van der Waals surface area contributed by atoms with Gasteiger partial charge in [-0.1, -0.05) is 5.16 Å². The number of halogens is 3. The van der Waals surface area contributed by atoms with Gasteiger partial charge in [-0.05, 0) is 32.4 Å². The van der Waals surface area contributed by atoms with E-state index in [-0.39, 0.29) is 36.3 Å². The van der Waals surface area contributed by atoms with E-state index >= 15 is 0 Å². The number of hydrogen-bond donors (Lipinski definition) is 2. The fourth-order valence-corrected chi connectivity index (χ4v) is 2.31. The molecule has 0 atom stereocenters. The normalized spacial score (nSPS) is 11.0. The topological polar surface area (TPSA) is 71.7 Å². The molecule has 0 bridgehead atoms. The first-order valence-electron chi connectivity index (χ1n) is 7.95. The first-order valence-corrected chi connectivity index (χ1v) is 7.95. The largest absolute Gasteiger partial charge is 0.489 e. The summed E-state index contributed by atoms with van der Waals surface area (Å²) >= 11 is 0. The first-order chi connectivity index (χ1) is 12.0. The van der Waals surface area contributed by atoms with Crippen LogP contribution in [0, 0.1) is 25.5 Å². The van der Waals surface area contributed by atoms with Gasteiger partial charge in [0.2, 0.25) is 0 Å². The Morgan fingerprint density at radius 2 is 1.96 bits per heavy atom. The zero-order valence-corrected chi connectivity index (χ0v) is 17.3. The molecule has 2 rings (SSSR count). The smallest absolute Gasteiger partial charge is 0.191 e. The van der Waals surface area contributed by atoms with Crippen molar-refractivity contribution in [2.45, 2.75) is 20.3 Å². The van der Waals surface area contributed by atoms with E-state index in [0.717, 1.165) is 35.6 Å².